The second kappa shape index (κ2) is 3.61. The molecule has 0 saturated carbocycles. The Bertz CT molecular complexity index is 483. The molecule has 0 radical (unpaired) electrons. The van der Waals surface area contributed by atoms with E-state index in [0.717, 1.165) is 23.1 Å². The summed E-state index contributed by atoms with van der Waals surface area (Å²) in [6.07, 6.45) is 0.801. The summed E-state index contributed by atoms with van der Waals surface area (Å²) in [4.78, 5) is 13.8. The Labute approximate surface area is 87.4 Å². The molecule has 2 N–H and O–H groups in total. The van der Waals surface area contributed by atoms with E-state index in [-0.39, 0.29) is 5.75 Å². The summed E-state index contributed by atoms with van der Waals surface area (Å²) in [5.41, 5.74) is 3.29. The Balaban J connectivity index is 2.52. The summed E-state index contributed by atoms with van der Waals surface area (Å²) in [7, 11) is 0. The summed E-state index contributed by atoms with van der Waals surface area (Å²) in [5, 5.41) is 9.16. The summed E-state index contributed by atoms with van der Waals surface area (Å²) < 4.78 is 0. The van der Waals surface area contributed by atoms with E-state index in [1.807, 2.05) is 13.0 Å². The maximum atomic E-state index is 10.8. The van der Waals surface area contributed by atoms with E-state index in [2.05, 4.69) is 4.98 Å². The van der Waals surface area contributed by atoms with Crippen LogP contribution in [0.2, 0.25) is 0 Å². The Morgan fingerprint density at radius 3 is 2.53 bits per heavy atom. The van der Waals surface area contributed by atoms with E-state index in [1.54, 1.807) is 24.3 Å². The van der Waals surface area contributed by atoms with E-state index in [1.165, 1.54) is 0 Å². The maximum absolute atomic E-state index is 10.8. The van der Waals surface area contributed by atoms with Gasteiger partial charge in [0.05, 0.1) is 5.69 Å². The van der Waals surface area contributed by atoms with Gasteiger partial charge in [0.1, 0.15) is 5.75 Å². The number of H-pyrrole nitrogens is 1. The topological polar surface area (TPSA) is 53.1 Å². The fourth-order valence-electron chi connectivity index (χ4n) is 1.58. The van der Waals surface area contributed by atoms with Crippen LogP contribution in [0.15, 0.2) is 30.3 Å². The van der Waals surface area contributed by atoms with Crippen molar-refractivity contribution >= 4 is 6.29 Å². The summed E-state index contributed by atoms with van der Waals surface area (Å²) >= 11 is 0. The summed E-state index contributed by atoms with van der Waals surface area (Å²) in [6.45, 7) is 1.90. The molecule has 76 valence electrons. The van der Waals surface area contributed by atoms with E-state index in [0.29, 0.717) is 5.69 Å². The Kier molecular flexibility index (Phi) is 2.29. The van der Waals surface area contributed by atoms with Crippen LogP contribution in [0.3, 0.4) is 0 Å². The van der Waals surface area contributed by atoms with Gasteiger partial charge in [0.2, 0.25) is 0 Å². The third-order valence-electron chi connectivity index (χ3n) is 2.28. The molecule has 0 fully saturated rings. The van der Waals surface area contributed by atoms with Gasteiger partial charge in [0, 0.05) is 11.3 Å². The van der Waals surface area contributed by atoms with E-state index in [4.69, 9.17) is 5.11 Å². The lowest BCUT2D eigenvalue weighted by atomic mass is 10.1. The second-order valence-electron chi connectivity index (χ2n) is 3.44. The average Bonchev–Trinajstić information content (AvgIpc) is 2.61. The number of aromatic nitrogens is 1. The van der Waals surface area contributed by atoms with Gasteiger partial charge in [-0.05, 0) is 30.7 Å². The van der Waals surface area contributed by atoms with Gasteiger partial charge in [-0.25, -0.2) is 0 Å². The maximum Gasteiger partial charge on any atom is 0.166 e. The number of hydrogen-bond donors (Lipinski definition) is 2. The number of hydrogen-bond acceptors (Lipinski definition) is 2. The number of aryl methyl sites for hydroxylation is 1. The molecule has 1 heterocycles. The minimum Gasteiger partial charge on any atom is -0.508 e. The molecule has 0 saturated heterocycles. The van der Waals surface area contributed by atoms with Crippen LogP contribution in [0.4, 0.5) is 0 Å². The Hall–Kier alpha value is -2.03. The molecule has 3 nitrogen and oxygen atoms in total. The molecule has 0 aliphatic heterocycles. The van der Waals surface area contributed by atoms with Crippen molar-refractivity contribution in [2.24, 2.45) is 0 Å². The van der Waals surface area contributed by atoms with Crippen LogP contribution in [-0.2, 0) is 0 Å². The fraction of sp³-hybridized carbons (Fsp3) is 0.0833. The van der Waals surface area contributed by atoms with Crippen LogP contribution in [0.25, 0.3) is 11.1 Å². The molecule has 15 heavy (non-hydrogen) atoms. The van der Waals surface area contributed by atoms with Crippen LogP contribution in [0, 0.1) is 6.92 Å². The van der Waals surface area contributed by atoms with Crippen molar-refractivity contribution in [3.8, 4) is 16.9 Å². The first kappa shape index (κ1) is 9.52. The van der Waals surface area contributed by atoms with E-state index >= 15 is 0 Å². The number of aromatic amines is 1. The Morgan fingerprint density at radius 1 is 1.27 bits per heavy atom. The lowest BCUT2D eigenvalue weighted by Gasteiger charge is -1.99. The van der Waals surface area contributed by atoms with Crippen LogP contribution < -0.4 is 0 Å². The van der Waals surface area contributed by atoms with Gasteiger partial charge in [0.15, 0.2) is 6.29 Å². The number of rotatable bonds is 2. The lowest BCUT2D eigenvalue weighted by molar-refractivity contribution is 0.112. The third kappa shape index (κ3) is 1.76. The van der Waals surface area contributed by atoms with Crippen LogP contribution in [0.1, 0.15) is 16.2 Å². The minimum atomic E-state index is 0.221. The van der Waals surface area contributed by atoms with Crippen molar-refractivity contribution in [2.45, 2.75) is 6.92 Å². The van der Waals surface area contributed by atoms with Crippen molar-refractivity contribution in [3.63, 3.8) is 0 Å². The number of carbonyl (C=O) groups excluding carboxylic acids is 1. The number of aromatic hydroxyl groups is 1. The van der Waals surface area contributed by atoms with Gasteiger partial charge < -0.3 is 10.1 Å². The van der Waals surface area contributed by atoms with Gasteiger partial charge >= 0.3 is 0 Å². The predicted molar refractivity (Wildman–Crippen MR) is 58.0 cm³/mol. The highest BCUT2D eigenvalue weighted by molar-refractivity contribution is 5.86. The molecular formula is C12H11NO2. The first-order chi connectivity index (χ1) is 7.20. The molecular weight excluding hydrogens is 190 g/mol. The van der Waals surface area contributed by atoms with Gasteiger partial charge in [-0.2, -0.15) is 0 Å². The zero-order valence-electron chi connectivity index (χ0n) is 8.32. The number of nitrogens with one attached hydrogen (secondary N) is 1. The molecule has 1 aromatic heterocycles. The largest absolute Gasteiger partial charge is 0.508 e. The summed E-state index contributed by atoms with van der Waals surface area (Å²) in [5.74, 6) is 0.221. The van der Waals surface area contributed by atoms with Gasteiger partial charge in [-0.15, -0.1) is 0 Å². The predicted octanol–water partition coefficient (Wildman–Crippen LogP) is 2.51. The first-order valence-electron chi connectivity index (χ1n) is 4.65. The molecule has 0 atom stereocenters. The molecule has 0 spiro atoms. The van der Waals surface area contributed by atoms with E-state index < -0.39 is 0 Å². The number of phenolic OH excluding ortho intramolecular Hbond substituents is 1. The molecule has 0 bridgehead atoms. The third-order valence-corrected chi connectivity index (χ3v) is 2.28. The molecule has 1 aromatic carbocycles. The SMILES string of the molecule is Cc1cc(-c2ccc(O)cc2)c(C=O)[nH]1. The average molecular weight is 201 g/mol. The Morgan fingerprint density at radius 2 is 1.93 bits per heavy atom. The highest BCUT2D eigenvalue weighted by atomic mass is 16.3. The van der Waals surface area contributed by atoms with Crippen molar-refractivity contribution < 1.29 is 9.90 Å². The highest BCUT2D eigenvalue weighted by Gasteiger charge is 2.07. The van der Waals surface area contributed by atoms with Crippen molar-refractivity contribution in [1.29, 1.82) is 0 Å². The first-order valence-corrected chi connectivity index (χ1v) is 4.65. The molecule has 2 aromatic rings. The minimum absolute atomic E-state index is 0.221. The van der Waals surface area contributed by atoms with Crippen molar-refractivity contribution in [1.82, 2.24) is 4.98 Å². The molecule has 2 rings (SSSR count). The van der Waals surface area contributed by atoms with E-state index in [9.17, 15) is 4.79 Å². The smallest absolute Gasteiger partial charge is 0.166 e. The molecule has 0 aliphatic rings. The van der Waals surface area contributed by atoms with Gasteiger partial charge in [0.25, 0.3) is 0 Å². The standard InChI is InChI=1S/C12H11NO2/c1-8-6-11(12(7-14)13-8)9-2-4-10(15)5-3-9/h2-7,13,15H,1H3. The number of phenols is 1. The van der Waals surface area contributed by atoms with Crippen LogP contribution in [-0.4, -0.2) is 16.4 Å². The zero-order chi connectivity index (χ0) is 10.8. The van der Waals surface area contributed by atoms with Crippen molar-refractivity contribution in [2.75, 3.05) is 0 Å². The fourth-order valence-corrected chi connectivity index (χ4v) is 1.58. The quantitative estimate of drug-likeness (QED) is 0.733. The highest BCUT2D eigenvalue weighted by Crippen LogP contribution is 2.25. The van der Waals surface area contributed by atoms with Crippen LogP contribution in [0.5, 0.6) is 5.75 Å². The zero-order valence-corrected chi connectivity index (χ0v) is 8.32. The van der Waals surface area contributed by atoms with Crippen LogP contribution >= 0.6 is 0 Å². The normalized spacial score (nSPS) is 10.2. The lowest BCUT2D eigenvalue weighted by Crippen LogP contribution is -1.83. The molecule has 0 amide bonds. The molecule has 0 aliphatic carbocycles. The second-order valence-corrected chi connectivity index (χ2v) is 3.44. The van der Waals surface area contributed by atoms with Gasteiger partial charge in [-0.1, -0.05) is 12.1 Å². The van der Waals surface area contributed by atoms with Gasteiger partial charge in [-0.3, -0.25) is 4.79 Å². The number of benzene rings is 1. The summed E-state index contributed by atoms with van der Waals surface area (Å²) in [6, 6.07) is 8.69. The molecule has 0 unspecified atom stereocenters. The number of aldehydes is 1. The molecule has 3 heteroatoms. The monoisotopic (exact) mass is 201 g/mol. The van der Waals surface area contributed by atoms with Crippen molar-refractivity contribution in [3.05, 3.63) is 41.7 Å². The number of carbonyl (C=O) groups is 1.